The van der Waals surface area contributed by atoms with Crippen LogP contribution in [0.5, 0.6) is 0 Å². The Morgan fingerprint density at radius 1 is 1.57 bits per heavy atom. The first kappa shape index (κ1) is 10.8. The molecule has 0 aliphatic heterocycles. The molecule has 0 spiro atoms. The minimum atomic E-state index is -0.938. The lowest BCUT2D eigenvalue weighted by Gasteiger charge is -2.09. The maximum atomic E-state index is 11.3. The maximum Gasteiger partial charge on any atom is 0.168 e. The lowest BCUT2D eigenvalue weighted by molar-refractivity contribution is -0.125. The molecule has 5 heteroatoms. The first-order valence-electron chi connectivity index (χ1n) is 4.61. The van der Waals surface area contributed by atoms with Gasteiger partial charge in [0.05, 0.1) is 6.42 Å². The fourth-order valence-corrected chi connectivity index (χ4v) is 1.14. The van der Waals surface area contributed by atoms with E-state index in [1.54, 1.807) is 4.68 Å². The Morgan fingerprint density at radius 3 is 2.71 bits per heavy atom. The number of ketones is 1. The molecule has 0 amide bonds. The van der Waals surface area contributed by atoms with E-state index in [0.29, 0.717) is 5.82 Å². The summed E-state index contributed by atoms with van der Waals surface area (Å²) in [4.78, 5) is 15.2. The van der Waals surface area contributed by atoms with Crippen LogP contribution in [0.1, 0.15) is 32.6 Å². The van der Waals surface area contributed by atoms with Crippen LogP contribution in [-0.4, -0.2) is 31.8 Å². The van der Waals surface area contributed by atoms with E-state index in [0.717, 1.165) is 0 Å². The molecule has 0 saturated heterocycles. The van der Waals surface area contributed by atoms with Crippen molar-refractivity contribution in [1.82, 2.24) is 14.8 Å². The van der Waals surface area contributed by atoms with Gasteiger partial charge in [-0.3, -0.25) is 4.79 Å². The van der Waals surface area contributed by atoms with Crippen LogP contribution >= 0.6 is 0 Å². The van der Waals surface area contributed by atoms with Crippen LogP contribution in [0, 0.1) is 0 Å². The second-order valence-electron chi connectivity index (χ2n) is 3.53. The summed E-state index contributed by atoms with van der Waals surface area (Å²) in [7, 11) is 0. The molecule has 14 heavy (non-hydrogen) atoms. The van der Waals surface area contributed by atoms with E-state index in [-0.39, 0.29) is 18.2 Å². The molecule has 1 heterocycles. The van der Waals surface area contributed by atoms with Gasteiger partial charge in [-0.05, 0) is 20.8 Å². The number of hydrogen-bond acceptors (Lipinski definition) is 4. The summed E-state index contributed by atoms with van der Waals surface area (Å²) >= 11 is 0. The smallest absolute Gasteiger partial charge is 0.168 e. The van der Waals surface area contributed by atoms with Crippen molar-refractivity contribution in [2.24, 2.45) is 0 Å². The quantitative estimate of drug-likeness (QED) is 0.756. The number of carbonyl (C=O) groups is 1. The highest BCUT2D eigenvalue weighted by Crippen LogP contribution is 2.06. The molecule has 0 radical (unpaired) electrons. The van der Waals surface area contributed by atoms with Crippen molar-refractivity contribution in [2.45, 2.75) is 39.3 Å². The Kier molecular flexibility index (Phi) is 3.35. The van der Waals surface area contributed by atoms with E-state index in [4.69, 9.17) is 5.11 Å². The SMILES string of the molecule is CC(O)C(=O)Cc1ncnn1C(C)C. The molecular formula is C9H15N3O2. The zero-order chi connectivity index (χ0) is 10.7. The van der Waals surface area contributed by atoms with Crippen molar-refractivity contribution < 1.29 is 9.90 Å². The van der Waals surface area contributed by atoms with Crippen molar-refractivity contribution in [2.75, 3.05) is 0 Å². The van der Waals surface area contributed by atoms with Gasteiger partial charge in [-0.15, -0.1) is 0 Å². The number of aliphatic hydroxyl groups is 1. The molecule has 0 aromatic carbocycles. The van der Waals surface area contributed by atoms with E-state index >= 15 is 0 Å². The van der Waals surface area contributed by atoms with Gasteiger partial charge in [-0.1, -0.05) is 0 Å². The Labute approximate surface area is 82.8 Å². The highest BCUT2D eigenvalue weighted by atomic mass is 16.3. The van der Waals surface area contributed by atoms with E-state index in [2.05, 4.69) is 10.1 Å². The van der Waals surface area contributed by atoms with E-state index in [1.165, 1.54) is 13.3 Å². The van der Waals surface area contributed by atoms with Crippen LogP contribution < -0.4 is 0 Å². The summed E-state index contributed by atoms with van der Waals surface area (Å²) in [5.74, 6) is 0.366. The standard InChI is InChI=1S/C9H15N3O2/c1-6(2)12-9(10-5-11-12)4-8(14)7(3)13/h5-7,13H,4H2,1-3H3. The third-order valence-corrected chi connectivity index (χ3v) is 1.93. The normalized spacial score (nSPS) is 13.2. The first-order valence-corrected chi connectivity index (χ1v) is 4.61. The molecule has 1 N–H and O–H groups in total. The summed E-state index contributed by atoms with van der Waals surface area (Å²) in [5, 5.41) is 13.0. The molecule has 5 nitrogen and oxygen atoms in total. The van der Waals surface area contributed by atoms with Crippen LogP contribution in [0.15, 0.2) is 6.33 Å². The van der Waals surface area contributed by atoms with Crippen molar-refractivity contribution in [3.05, 3.63) is 12.2 Å². The molecule has 0 saturated carbocycles. The van der Waals surface area contributed by atoms with Gasteiger partial charge in [-0.2, -0.15) is 5.10 Å². The largest absolute Gasteiger partial charge is 0.386 e. The third-order valence-electron chi connectivity index (χ3n) is 1.93. The van der Waals surface area contributed by atoms with Gasteiger partial charge < -0.3 is 5.11 Å². The number of rotatable bonds is 4. The molecule has 0 aliphatic rings. The number of nitrogens with zero attached hydrogens (tertiary/aromatic N) is 3. The van der Waals surface area contributed by atoms with Crippen molar-refractivity contribution in [1.29, 1.82) is 0 Å². The second kappa shape index (κ2) is 4.32. The molecular weight excluding hydrogens is 182 g/mol. The van der Waals surface area contributed by atoms with Crippen LogP contribution in [-0.2, 0) is 11.2 Å². The average molecular weight is 197 g/mol. The summed E-state index contributed by atoms with van der Waals surface area (Å²) < 4.78 is 1.68. The summed E-state index contributed by atoms with van der Waals surface area (Å²) in [6, 6.07) is 0.175. The predicted molar refractivity (Wildman–Crippen MR) is 50.8 cm³/mol. The van der Waals surface area contributed by atoms with Gasteiger partial charge in [0.15, 0.2) is 5.78 Å². The molecule has 1 unspecified atom stereocenters. The van der Waals surface area contributed by atoms with E-state index < -0.39 is 6.10 Å². The first-order chi connectivity index (χ1) is 6.52. The Bertz CT molecular complexity index is 318. The van der Waals surface area contributed by atoms with Crippen LogP contribution in [0.3, 0.4) is 0 Å². The van der Waals surface area contributed by atoms with Crippen LogP contribution in [0.25, 0.3) is 0 Å². The molecule has 1 atom stereocenters. The zero-order valence-corrected chi connectivity index (χ0v) is 8.64. The van der Waals surface area contributed by atoms with Gasteiger partial charge in [0.25, 0.3) is 0 Å². The lowest BCUT2D eigenvalue weighted by atomic mass is 10.2. The molecule has 0 bridgehead atoms. The Hall–Kier alpha value is -1.23. The third kappa shape index (κ3) is 2.38. The summed E-state index contributed by atoms with van der Waals surface area (Å²) in [6.45, 7) is 5.38. The minimum absolute atomic E-state index is 0.135. The summed E-state index contributed by atoms with van der Waals surface area (Å²) in [5.41, 5.74) is 0. The zero-order valence-electron chi connectivity index (χ0n) is 8.64. The molecule has 0 fully saturated rings. The average Bonchev–Trinajstić information content (AvgIpc) is 2.52. The number of Topliss-reactive ketones (excluding diaryl/α,β-unsaturated/α-hetero) is 1. The van der Waals surface area contributed by atoms with Crippen molar-refractivity contribution in [3.63, 3.8) is 0 Å². The highest BCUT2D eigenvalue weighted by Gasteiger charge is 2.15. The monoisotopic (exact) mass is 197 g/mol. The number of hydrogen-bond donors (Lipinski definition) is 1. The molecule has 1 aromatic rings. The number of aromatic nitrogens is 3. The van der Waals surface area contributed by atoms with Gasteiger partial charge in [0.2, 0.25) is 0 Å². The van der Waals surface area contributed by atoms with Gasteiger partial charge in [-0.25, -0.2) is 9.67 Å². The fraction of sp³-hybridized carbons (Fsp3) is 0.667. The van der Waals surface area contributed by atoms with E-state index in [9.17, 15) is 4.79 Å². The van der Waals surface area contributed by atoms with Crippen molar-refractivity contribution in [3.8, 4) is 0 Å². The fourth-order valence-electron chi connectivity index (χ4n) is 1.14. The molecule has 1 rings (SSSR count). The lowest BCUT2D eigenvalue weighted by Crippen LogP contribution is -2.21. The van der Waals surface area contributed by atoms with E-state index in [1.807, 2.05) is 13.8 Å². The number of aliphatic hydroxyl groups excluding tert-OH is 1. The highest BCUT2D eigenvalue weighted by molar-refractivity contribution is 5.83. The Morgan fingerprint density at radius 2 is 2.21 bits per heavy atom. The molecule has 1 aromatic heterocycles. The van der Waals surface area contributed by atoms with Crippen molar-refractivity contribution >= 4 is 5.78 Å². The van der Waals surface area contributed by atoms with Gasteiger partial charge >= 0.3 is 0 Å². The topological polar surface area (TPSA) is 68.0 Å². The van der Waals surface area contributed by atoms with Gasteiger partial charge in [0.1, 0.15) is 18.3 Å². The van der Waals surface area contributed by atoms with Gasteiger partial charge in [0, 0.05) is 6.04 Å². The molecule has 0 aliphatic carbocycles. The summed E-state index contributed by atoms with van der Waals surface area (Å²) in [6.07, 6.45) is 0.618. The Balaban J connectivity index is 2.76. The predicted octanol–water partition coefficient (Wildman–Crippen LogP) is 0.351. The van der Waals surface area contributed by atoms with Crippen LogP contribution in [0.4, 0.5) is 0 Å². The minimum Gasteiger partial charge on any atom is -0.386 e. The maximum absolute atomic E-state index is 11.3. The second-order valence-corrected chi connectivity index (χ2v) is 3.53. The number of carbonyl (C=O) groups excluding carboxylic acids is 1. The molecule has 78 valence electrons. The van der Waals surface area contributed by atoms with Crippen LogP contribution in [0.2, 0.25) is 0 Å².